The minimum absolute atomic E-state index is 0.122. The van der Waals surface area contributed by atoms with Crippen molar-refractivity contribution in [1.82, 2.24) is 14.4 Å². The normalized spacial score (nSPS) is 11.0. The lowest BCUT2D eigenvalue weighted by atomic mass is 10.1. The molecule has 9 nitrogen and oxygen atoms in total. The lowest BCUT2D eigenvalue weighted by Crippen LogP contribution is -2.18. The van der Waals surface area contributed by atoms with Crippen LogP contribution in [0.1, 0.15) is 40.1 Å². The van der Waals surface area contributed by atoms with E-state index in [1.807, 2.05) is 0 Å². The number of ketones is 1. The van der Waals surface area contributed by atoms with E-state index in [9.17, 15) is 18.8 Å². The number of rotatable bonds is 6. The van der Waals surface area contributed by atoms with Gasteiger partial charge < -0.3 is 10.1 Å². The Morgan fingerprint density at radius 3 is 2.53 bits per heavy atom. The van der Waals surface area contributed by atoms with Gasteiger partial charge in [0.1, 0.15) is 5.82 Å². The minimum atomic E-state index is -0.618. The zero-order valence-electron chi connectivity index (χ0n) is 18.5. The molecule has 0 unspecified atom stereocenters. The van der Waals surface area contributed by atoms with Gasteiger partial charge in [0, 0.05) is 23.6 Å². The fraction of sp³-hybridized carbons (Fsp3) is 0.174. The summed E-state index contributed by atoms with van der Waals surface area (Å²) in [4.78, 5) is 45.2. The number of thiophene rings is 1. The number of aromatic nitrogens is 3. The molecule has 0 radical (unpaired) electrons. The highest BCUT2D eigenvalue weighted by atomic mass is 32.1. The predicted molar refractivity (Wildman–Crippen MR) is 126 cm³/mol. The fourth-order valence-corrected chi connectivity index (χ4v) is 3.88. The Kier molecular flexibility index (Phi) is 6.37. The van der Waals surface area contributed by atoms with Crippen molar-refractivity contribution in [1.29, 1.82) is 0 Å². The highest BCUT2D eigenvalue weighted by molar-refractivity contribution is 7.16. The molecule has 0 atom stereocenters. The van der Waals surface area contributed by atoms with Crippen LogP contribution in [0.5, 0.6) is 0 Å². The van der Waals surface area contributed by atoms with Crippen LogP contribution in [0, 0.1) is 5.82 Å². The van der Waals surface area contributed by atoms with E-state index in [1.165, 1.54) is 31.3 Å². The van der Waals surface area contributed by atoms with E-state index < -0.39 is 17.8 Å². The van der Waals surface area contributed by atoms with Gasteiger partial charge in [-0.1, -0.05) is 0 Å². The van der Waals surface area contributed by atoms with E-state index in [1.54, 1.807) is 42.8 Å². The van der Waals surface area contributed by atoms with Gasteiger partial charge in [0.05, 0.1) is 33.4 Å². The summed E-state index contributed by atoms with van der Waals surface area (Å²) in [6.45, 7) is 4.90. The number of hydrogen-bond donors (Lipinski definition) is 2. The average Bonchev–Trinajstić information content (AvgIpc) is 3.41. The summed E-state index contributed by atoms with van der Waals surface area (Å²) in [5.74, 6) is -0.767. The molecule has 4 rings (SSSR count). The number of anilines is 2. The molecule has 0 bridgehead atoms. The van der Waals surface area contributed by atoms with Gasteiger partial charge in [0.2, 0.25) is 5.78 Å². The second kappa shape index (κ2) is 9.40. The van der Waals surface area contributed by atoms with Crippen LogP contribution in [-0.2, 0) is 4.74 Å². The van der Waals surface area contributed by atoms with Crippen molar-refractivity contribution in [3.63, 3.8) is 0 Å². The van der Waals surface area contributed by atoms with Gasteiger partial charge >= 0.3 is 6.09 Å². The number of benzene rings is 1. The molecular weight excluding hydrogens is 461 g/mol. The maximum Gasteiger partial charge on any atom is 0.411 e. The van der Waals surface area contributed by atoms with Crippen molar-refractivity contribution in [2.75, 3.05) is 10.6 Å². The number of ether oxygens (including phenoxy) is 1. The summed E-state index contributed by atoms with van der Waals surface area (Å²) < 4.78 is 21.2. The lowest BCUT2D eigenvalue weighted by molar-refractivity contribution is 0.101. The van der Waals surface area contributed by atoms with Gasteiger partial charge in [-0.05, 0) is 51.1 Å². The summed E-state index contributed by atoms with van der Waals surface area (Å²) in [5.41, 5.74) is 1.19. The molecular formula is C23H20FN5O4S. The first-order valence-electron chi connectivity index (χ1n) is 10.2. The third-order valence-electron chi connectivity index (χ3n) is 4.58. The van der Waals surface area contributed by atoms with Crippen LogP contribution in [0.3, 0.4) is 0 Å². The summed E-state index contributed by atoms with van der Waals surface area (Å²) in [5, 5.41) is 5.28. The number of imidazole rings is 1. The van der Waals surface area contributed by atoms with Crippen LogP contribution < -0.4 is 10.6 Å². The van der Waals surface area contributed by atoms with Gasteiger partial charge in [0.15, 0.2) is 5.78 Å². The first-order chi connectivity index (χ1) is 16.2. The van der Waals surface area contributed by atoms with Gasteiger partial charge in [-0.25, -0.2) is 19.2 Å². The summed E-state index contributed by atoms with van der Waals surface area (Å²) in [7, 11) is 0. The summed E-state index contributed by atoms with van der Waals surface area (Å²) in [6.07, 6.45) is 3.66. The van der Waals surface area contributed by atoms with E-state index in [0.717, 1.165) is 11.3 Å². The molecule has 1 aromatic carbocycles. The van der Waals surface area contributed by atoms with Crippen molar-refractivity contribution < 1.29 is 23.5 Å². The zero-order chi connectivity index (χ0) is 24.4. The number of fused-ring (bicyclic) bond motifs is 1. The number of amides is 2. The summed E-state index contributed by atoms with van der Waals surface area (Å²) in [6, 6.07) is 7.29. The first kappa shape index (κ1) is 23.1. The average molecular weight is 482 g/mol. The molecule has 3 aromatic heterocycles. The Morgan fingerprint density at radius 2 is 1.82 bits per heavy atom. The third kappa shape index (κ3) is 5.09. The zero-order valence-corrected chi connectivity index (χ0v) is 19.3. The molecule has 2 N–H and O–H groups in total. The van der Waals surface area contributed by atoms with Crippen LogP contribution in [0.15, 0.2) is 48.9 Å². The standard InChI is InChI=1S/C23H20FN5O4S/c1-12(2)33-23(32)27-15-9-25-22-28-18(11-29(22)10-15)16-8-14(4-5-17(16)24)26-21(31)20-7-6-19(34-20)13(3)30/h4-12H,1-3H3,(H,26,31)(H,27,32). The number of hydrogen-bond acceptors (Lipinski definition) is 7. The topological polar surface area (TPSA) is 115 Å². The van der Waals surface area contributed by atoms with Crippen LogP contribution in [-0.4, -0.2) is 38.3 Å². The third-order valence-corrected chi connectivity index (χ3v) is 5.76. The van der Waals surface area contributed by atoms with E-state index in [2.05, 4.69) is 20.6 Å². The fourth-order valence-electron chi connectivity index (χ4n) is 3.08. The number of carbonyl (C=O) groups is 3. The molecule has 4 aromatic rings. The van der Waals surface area contributed by atoms with Crippen molar-refractivity contribution in [3.8, 4) is 11.3 Å². The molecule has 0 fully saturated rings. The molecule has 0 aliphatic carbocycles. The second-order valence-corrected chi connectivity index (χ2v) is 8.71. The number of halogens is 1. The number of carbonyl (C=O) groups excluding carboxylic acids is 3. The monoisotopic (exact) mass is 481 g/mol. The van der Waals surface area contributed by atoms with Crippen molar-refractivity contribution >= 4 is 46.3 Å². The molecule has 34 heavy (non-hydrogen) atoms. The van der Waals surface area contributed by atoms with Crippen LogP contribution in [0.4, 0.5) is 20.6 Å². The number of Topliss-reactive ketones (excluding diaryl/α,β-unsaturated/α-hetero) is 1. The second-order valence-electron chi connectivity index (χ2n) is 7.62. The molecule has 2 amide bonds. The van der Waals surface area contributed by atoms with E-state index in [0.29, 0.717) is 26.9 Å². The van der Waals surface area contributed by atoms with Crippen LogP contribution >= 0.6 is 11.3 Å². The molecule has 0 aliphatic rings. The molecule has 174 valence electrons. The maximum absolute atomic E-state index is 14.6. The molecule has 0 aliphatic heterocycles. The Labute approximate surface area is 197 Å². The largest absolute Gasteiger partial charge is 0.447 e. The summed E-state index contributed by atoms with van der Waals surface area (Å²) >= 11 is 1.09. The Hall–Kier alpha value is -4.12. The van der Waals surface area contributed by atoms with E-state index in [4.69, 9.17) is 4.74 Å². The first-order valence-corrected chi connectivity index (χ1v) is 11.1. The van der Waals surface area contributed by atoms with Crippen molar-refractivity contribution in [2.45, 2.75) is 26.9 Å². The molecule has 3 heterocycles. The Bertz CT molecular complexity index is 1410. The predicted octanol–water partition coefficient (Wildman–Crippen LogP) is 5.01. The Balaban J connectivity index is 1.57. The molecule has 0 spiro atoms. The molecule has 11 heteroatoms. The van der Waals surface area contributed by atoms with E-state index >= 15 is 0 Å². The highest BCUT2D eigenvalue weighted by Gasteiger charge is 2.15. The maximum atomic E-state index is 14.6. The van der Waals surface area contributed by atoms with Gasteiger partial charge in [-0.3, -0.25) is 19.3 Å². The molecule has 0 saturated carbocycles. The lowest BCUT2D eigenvalue weighted by Gasteiger charge is -2.09. The highest BCUT2D eigenvalue weighted by Crippen LogP contribution is 2.27. The van der Waals surface area contributed by atoms with Crippen molar-refractivity contribution in [3.05, 3.63) is 64.5 Å². The SMILES string of the molecule is CC(=O)c1ccc(C(=O)Nc2ccc(F)c(-c3cn4cc(NC(=O)OC(C)C)cnc4n3)c2)s1. The quantitative estimate of drug-likeness (QED) is 0.374. The number of nitrogens with one attached hydrogen (secondary N) is 2. The van der Waals surface area contributed by atoms with Gasteiger partial charge in [-0.2, -0.15) is 0 Å². The Morgan fingerprint density at radius 1 is 1.06 bits per heavy atom. The van der Waals surface area contributed by atoms with Gasteiger partial charge in [0.25, 0.3) is 5.91 Å². The number of nitrogens with zero attached hydrogens (tertiary/aromatic N) is 3. The smallest absolute Gasteiger partial charge is 0.411 e. The van der Waals surface area contributed by atoms with Gasteiger partial charge in [-0.15, -0.1) is 11.3 Å². The van der Waals surface area contributed by atoms with Crippen molar-refractivity contribution in [2.24, 2.45) is 0 Å². The molecule has 0 saturated heterocycles. The minimum Gasteiger partial charge on any atom is -0.447 e. The van der Waals surface area contributed by atoms with E-state index in [-0.39, 0.29) is 23.1 Å². The van der Waals surface area contributed by atoms with Crippen LogP contribution in [0.2, 0.25) is 0 Å². The van der Waals surface area contributed by atoms with Crippen LogP contribution in [0.25, 0.3) is 17.0 Å².